The van der Waals surface area contributed by atoms with Crippen LogP contribution in [-0.2, 0) is 4.79 Å². The number of carbonyl (C=O) groups excluding carboxylic acids is 1. The molecule has 0 atom stereocenters. The van der Waals surface area contributed by atoms with Gasteiger partial charge >= 0.3 is 0 Å². The van der Waals surface area contributed by atoms with Gasteiger partial charge in [0.15, 0.2) is 19.8 Å². The molecule has 0 unspecified atom stereocenters. The number of aromatic nitrogens is 2. The van der Waals surface area contributed by atoms with Gasteiger partial charge in [-0.25, -0.2) is 4.68 Å². The summed E-state index contributed by atoms with van der Waals surface area (Å²) in [6.07, 6.45) is 4.01. The molecule has 3 aromatic rings. The third-order valence-corrected chi connectivity index (χ3v) is 7.73. The molecule has 1 aliphatic carbocycles. The maximum atomic E-state index is 12.5. The van der Waals surface area contributed by atoms with E-state index in [1.807, 2.05) is 30.3 Å². The van der Waals surface area contributed by atoms with E-state index in [1.54, 1.807) is 16.8 Å². The van der Waals surface area contributed by atoms with Gasteiger partial charge in [0.1, 0.15) is 0 Å². The van der Waals surface area contributed by atoms with Crippen LogP contribution in [0.3, 0.4) is 0 Å². The normalized spacial score (nSPS) is 16.0. The molecule has 160 valence electrons. The molecule has 1 aliphatic heterocycles. The summed E-state index contributed by atoms with van der Waals surface area (Å²) in [5.41, 5.74) is 1.52. The Morgan fingerprint density at radius 2 is 1.94 bits per heavy atom. The maximum Gasteiger partial charge on any atom is 0.251 e. The van der Waals surface area contributed by atoms with Crippen LogP contribution in [0.2, 0.25) is 5.02 Å². The second-order valence-electron chi connectivity index (χ2n) is 7.34. The number of amides is 1. The first-order chi connectivity index (χ1) is 15.0. The van der Waals surface area contributed by atoms with Crippen LogP contribution in [0, 0.1) is 3.95 Å². The lowest BCUT2D eigenvalue weighted by molar-refractivity contribution is -0.113. The minimum Gasteiger partial charge on any atom is -0.448 e. The maximum absolute atomic E-state index is 12.5. The summed E-state index contributed by atoms with van der Waals surface area (Å²) in [6, 6.07) is 12.8. The fraction of sp³-hybridized carbons (Fsp3) is 0.286. The Hall–Kier alpha value is -2.07. The molecule has 1 fully saturated rings. The quantitative estimate of drug-likeness (QED) is 0.344. The van der Waals surface area contributed by atoms with Gasteiger partial charge in [-0.2, -0.15) is 0 Å². The largest absolute Gasteiger partial charge is 0.448 e. The highest BCUT2D eigenvalue weighted by atomic mass is 35.5. The summed E-state index contributed by atoms with van der Waals surface area (Å²) in [5.74, 6) is 1.02. The summed E-state index contributed by atoms with van der Waals surface area (Å²) in [5, 5.41) is 8.08. The van der Waals surface area contributed by atoms with Crippen molar-refractivity contribution in [1.82, 2.24) is 9.78 Å². The molecule has 1 N–H and O–H groups in total. The van der Waals surface area contributed by atoms with E-state index in [1.165, 1.54) is 23.1 Å². The smallest absolute Gasteiger partial charge is 0.251 e. The van der Waals surface area contributed by atoms with E-state index < -0.39 is 5.79 Å². The predicted octanol–water partition coefficient (Wildman–Crippen LogP) is 6.09. The summed E-state index contributed by atoms with van der Waals surface area (Å²) >= 11 is 14.1. The van der Waals surface area contributed by atoms with Gasteiger partial charge in [-0.15, -0.1) is 5.10 Å². The number of anilines is 1. The van der Waals surface area contributed by atoms with Crippen molar-refractivity contribution in [1.29, 1.82) is 0 Å². The van der Waals surface area contributed by atoms with Crippen molar-refractivity contribution in [3.8, 4) is 17.2 Å². The molecular weight excluding hydrogens is 474 g/mol. The fourth-order valence-electron chi connectivity index (χ4n) is 3.68. The lowest BCUT2D eigenvalue weighted by Gasteiger charge is -2.21. The summed E-state index contributed by atoms with van der Waals surface area (Å²) in [7, 11) is 0. The number of benzene rings is 2. The van der Waals surface area contributed by atoms with E-state index in [4.69, 9.17) is 33.3 Å². The van der Waals surface area contributed by atoms with Crippen molar-refractivity contribution < 1.29 is 14.3 Å². The van der Waals surface area contributed by atoms with Gasteiger partial charge < -0.3 is 14.8 Å². The Morgan fingerprint density at radius 1 is 1.19 bits per heavy atom. The molecule has 1 amide bonds. The minimum absolute atomic E-state index is 0.126. The molecule has 31 heavy (non-hydrogen) atoms. The van der Waals surface area contributed by atoms with Crippen LogP contribution in [-0.4, -0.2) is 27.2 Å². The van der Waals surface area contributed by atoms with E-state index in [9.17, 15) is 4.79 Å². The lowest BCUT2D eigenvalue weighted by atomic mass is 10.2. The zero-order valence-corrected chi connectivity index (χ0v) is 19.5. The first-order valence-corrected chi connectivity index (χ1v) is 12.4. The van der Waals surface area contributed by atoms with Crippen LogP contribution in [0.4, 0.5) is 5.69 Å². The van der Waals surface area contributed by atoms with Crippen LogP contribution < -0.4 is 14.8 Å². The number of rotatable bonds is 5. The highest BCUT2D eigenvalue weighted by Gasteiger charge is 2.44. The van der Waals surface area contributed by atoms with E-state index >= 15 is 0 Å². The number of nitrogens with zero attached hydrogens (tertiary/aromatic N) is 2. The Balaban J connectivity index is 1.20. The second kappa shape index (κ2) is 8.46. The highest BCUT2D eigenvalue weighted by Crippen LogP contribution is 2.47. The van der Waals surface area contributed by atoms with Crippen molar-refractivity contribution >= 4 is 58.5 Å². The lowest BCUT2D eigenvalue weighted by Crippen LogP contribution is -2.34. The Labute approximate surface area is 197 Å². The van der Waals surface area contributed by atoms with Crippen molar-refractivity contribution in [2.45, 2.75) is 35.8 Å². The van der Waals surface area contributed by atoms with Gasteiger partial charge in [0, 0.05) is 29.6 Å². The SMILES string of the molecule is O=C(CSc1nn(-c2ccc(Cl)cc2)c(=S)s1)Nc1ccc2c(c1)OC1(CCCC1)O2. The number of thioether (sulfide) groups is 1. The van der Waals surface area contributed by atoms with E-state index in [0.717, 1.165) is 41.5 Å². The predicted molar refractivity (Wildman–Crippen MR) is 126 cm³/mol. The number of hydrogen-bond donors (Lipinski definition) is 1. The highest BCUT2D eigenvalue weighted by molar-refractivity contribution is 8.01. The average molecular weight is 492 g/mol. The number of fused-ring (bicyclic) bond motifs is 1. The topological polar surface area (TPSA) is 65.4 Å². The molecule has 0 saturated heterocycles. The van der Waals surface area contributed by atoms with Gasteiger partial charge in [-0.05, 0) is 61.5 Å². The second-order valence-corrected chi connectivity index (χ2v) is 10.6. The summed E-state index contributed by atoms with van der Waals surface area (Å²) in [4.78, 5) is 12.5. The van der Waals surface area contributed by atoms with Gasteiger partial charge in [0.25, 0.3) is 5.79 Å². The molecule has 2 aliphatic rings. The molecule has 1 spiro atoms. The minimum atomic E-state index is -0.507. The zero-order valence-electron chi connectivity index (χ0n) is 16.3. The first-order valence-electron chi connectivity index (χ1n) is 9.81. The molecule has 2 aromatic carbocycles. The molecule has 2 heterocycles. The zero-order chi connectivity index (χ0) is 21.4. The summed E-state index contributed by atoms with van der Waals surface area (Å²) in [6.45, 7) is 0. The molecule has 0 radical (unpaired) electrons. The van der Waals surface area contributed by atoms with E-state index in [-0.39, 0.29) is 11.7 Å². The molecule has 0 bridgehead atoms. The Kier molecular flexibility index (Phi) is 5.68. The van der Waals surface area contributed by atoms with Crippen LogP contribution in [0.15, 0.2) is 46.8 Å². The molecule has 5 rings (SSSR count). The molecule has 1 aromatic heterocycles. The molecular formula is C21H18ClN3O3S3. The standard InChI is InChI=1S/C21H18ClN3O3S3/c22-13-3-6-15(7-4-13)25-20(29)31-19(24-25)30-12-18(26)23-14-5-8-16-17(11-14)28-21(27-16)9-1-2-10-21/h3-8,11H,1-2,9-10,12H2,(H,23,26). The van der Waals surface area contributed by atoms with Gasteiger partial charge in [-0.3, -0.25) is 4.79 Å². The fourth-order valence-corrected chi connectivity index (χ4v) is 5.97. The molecule has 10 heteroatoms. The summed E-state index contributed by atoms with van der Waals surface area (Å²) < 4.78 is 15.1. The number of ether oxygens (including phenoxy) is 2. The third-order valence-electron chi connectivity index (χ3n) is 5.11. The van der Waals surface area contributed by atoms with Crippen LogP contribution in [0.5, 0.6) is 11.5 Å². The van der Waals surface area contributed by atoms with Crippen molar-refractivity contribution in [2.75, 3.05) is 11.1 Å². The molecule has 1 saturated carbocycles. The van der Waals surface area contributed by atoms with E-state index in [0.29, 0.717) is 20.4 Å². The Bertz CT molecular complexity index is 1190. The first kappa shape index (κ1) is 20.8. The number of halogens is 1. The van der Waals surface area contributed by atoms with Crippen LogP contribution in [0.1, 0.15) is 25.7 Å². The average Bonchev–Trinajstić information content (AvgIpc) is 3.45. The van der Waals surface area contributed by atoms with Crippen LogP contribution in [0.25, 0.3) is 5.69 Å². The third kappa shape index (κ3) is 4.45. The van der Waals surface area contributed by atoms with E-state index in [2.05, 4.69) is 10.4 Å². The van der Waals surface area contributed by atoms with Crippen molar-refractivity contribution in [3.05, 3.63) is 51.4 Å². The molecule has 6 nitrogen and oxygen atoms in total. The van der Waals surface area contributed by atoms with Crippen LogP contribution >= 0.6 is 46.9 Å². The monoisotopic (exact) mass is 491 g/mol. The van der Waals surface area contributed by atoms with Gasteiger partial charge in [0.05, 0.1) is 11.4 Å². The van der Waals surface area contributed by atoms with Crippen molar-refractivity contribution in [3.63, 3.8) is 0 Å². The van der Waals surface area contributed by atoms with Crippen molar-refractivity contribution in [2.24, 2.45) is 0 Å². The number of hydrogen-bond acceptors (Lipinski definition) is 7. The number of nitrogens with one attached hydrogen (secondary N) is 1. The number of carbonyl (C=O) groups is 1. The Morgan fingerprint density at radius 3 is 2.71 bits per heavy atom. The van der Waals surface area contributed by atoms with Gasteiger partial charge in [-0.1, -0.05) is 34.7 Å². The van der Waals surface area contributed by atoms with Gasteiger partial charge in [0.2, 0.25) is 5.91 Å².